The van der Waals surface area contributed by atoms with Crippen LogP contribution in [0.25, 0.3) is 0 Å². The molecule has 2 N–H and O–H groups in total. The van der Waals surface area contributed by atoms with Crippen LogP contribution >= 0.6 is 0 Å². The zero-order valence-corrected chi connectivity index (χ0v) is 15.0. The largest absolute Gasteiger partial charge is 0.489 e. The molecule has 150 valence electrons. The Labute approximate surface area is 159 Å². The molecule has 6 nitrogen and oxygen atoms in total. The van der Waals surface area contributed by atoms with Crippen molar-refractivity contribution in [2.24, 2.45) is 0 Å². The maximum atomic E-state index is 12.7. The molecule has 1 fully saturated rings. The number of hydrogen-bond acceptors (Lipinski definition) is 5. The minimum atomic E-state index is -4.41. The molecule has 3 rings (SSSR count). The van der Waals surface area contributed by atoms with Crippen molar-refractivity contribution in [1.29, 1.82) is 0 Å². The molecule has 1 saturated heterocycles. The minimum absolute atomic E-state index is 0.0982. The summed E-state index contributed by atoms with van der Waals surface area (Å²) in [7, 11) is 0. The number of pyridine rings is 1. The van der Waals surface area contributed by atoms with Crippen molar-refractivity contribution < 1.29 is 32.9 Å². The van der Waals surface area contributed by atoms with Crippen LogP contribution in [0.2, 0.25) is 0 Å². The van der Waals surface area contributed by atoms with E-state index < -0.39 is 17.7 Å². The molecular formula is C19H19F3N2O4. The van der Waals surface area contributed by atoms with Gasteiger partial charge in [-0.15, -0.1) is 0 Å². The van der Waals surface area contributed by atoms with E-state index in [0.717, 1.165) is 12.1 Å². The topological polar surface area (TPSA) is 82.9 Å². The van der Waals surface area contributed by atoms with Gasteiger partial charge in [0, 0.05) is 6.42 Å². The Morgan fingerprint density at radius 2 is 1.93 bits per heavy atom. The van der Waals surface area contributed by atoms with Crippen molar-refractivity contribution in [3.63, 3.8) is 0 Å². The van der Waals surface area contributed by atoms with Gasteiger partial charge in [0.1, 0.15) is 17.7 Å². The fourth-order valence-electron chi connectivity index (χ4n) is 3.26. The number of rotatable bonds is 5. The Kier molecular flexibility index (Phi) is 5.46. The van der Waals surface area contributed by atoms with Gasteiger partial charge in [0.2, 0.25) is 0 Å². The highest BCUT2D eigenvalue weighted by Crippen LogP contribution is 2.32. The molecule has 2 heterocycles. The Hall–Kier alpha value is -2.81. The number of anilines is 1. The fourth-order valence-corrected chi connectivity index (χ4v) is 3.26. The van der Waals surface area contributed by atoms with E-state index in [4.69, 9.17) is 9.84 Å². The summed E-state index contributed by atoms with van der Waals surface area (Å²) in [5.74, 6) is -0.248. The van der Waals surface area contributed by atoms with Crippen LogP contribution in [0.1, 0.15) is 28.0 Å². The summed E-state index contributed by atoms with van der Waals surface area (Å²) in [6.07, 6.45) is -4.30. The number of aromatic carboxylic acids is 1. The van der Waals surface area contributed by atoms with E-state index in [1.807, 2.05) is 4.90 Å². The lowest BCUT2D eigenvalue weighted by atomic mass is 10.2. The third-order valence-electron chi connectivity index (χ3n) is 4.67. The van der Waals surface area contributed by atoms with Crippen molar-refractivity contribution in [1.82, 2.24) is 4.98 Å². The molecule has 1 aliphatic heterocycles. The SMILES string of the molecule is Cc1nc(N2C[C@H](Oc3ccc(C(F)(F)F)cc3)C[C@H]2CO)ccc1C(=O)O. The van der Waals surface area contributed by atoms with E-state index in [2.05, 4.69) is 4.98 Å². The van der Waals surface area contributed by atoms with Crippen LogP contribution in [0.4, 0.5) is 19.0 Å². The molecule has 1 aromatic heterocycles. The van der Waals surface area contributed by atoms with Gasteiger partial charge in [-0.25, -0.2) is 9.78 Å². The van der Waals surface area contributed by atoms with Crippen LogP contribution in [0.15, 0.2) is 36.4 Å². The van der Waals surface area contributed by atoms with Crippen LogP contribution in [0.3, 0.4) is 0 Å². The lowest BCUT2D eigenvalue weighted by Crippen LogP contribution is -2.33. The smallest absolute Gasteiger partial charge is 0.416 e. The Bertz CT molecular complexity index is 855. The molecule has 28 heavy (non-hydrogen) atoms. The number of ether oxygens (including phenoxy) is 1. The summed E-state index contributed by atoms with van der Waals surface area (Å²) in [6, 6.07) is 7.19. The highest BCUT2D eigenvalue weighted by Gasteiger charge is 2.35. The van der Waals surface area contributed by atoms with Crippen molar-refractivity contribution in [3.05, 3.63) is 53.2 Å². The first-order valence-corrected chi connectivity index (χ1v) is 8.61. The first kappa shape index (κ1) is 19.9. The number of carboxylic acids is 1. The molecule has 0 bridgehead atoms. The lowest BCUT2D eigenvalue weighted by Gasteiger charge is -2.24. The maximum Gasteiger partial charge on any atom is 0.416 e. The Morgan fingerprint density at radius 3 is 2.46 bits per heavy atom. The first-order valence-electron chi connectivity index (χ1n) is 8.61. The zero-order valence-electron chi connectivity index (χ0n) is 15.0. The highest BCUT2D eigenvalue weighted by atomic mass is 19.4. The van der Waals surface area contributed by atoms with Crippen molar-refractivity contribution in [2.75, 3.05) is 18.1 Å². The third-order valence-corrected chi connectivity index (χ3v) is 4.67. The summed E-state index contributed by atoms with van der Waals surface area (Å²) in [5, 5.41) is 18.8. The number of aryl methyl sites for hydroxylation is 1. The molecule has 2 atom stereocenters. The maximum absolute atomic E-state index is 12.7. The normalized spacial score (nSPS) is 19.7. The number of aliphatic hydroxyl groups excluding tert-OH is 1. The van der Waals surface area contributed by atoms with Crippen molar-refractivity contribution in [2.45, 2.75) is 31.7 Å². The standard InChI is InChI=1S/C19H19F3N2O4/c1-11-16(18(26)27)6-7-17(23-11)24-9-15(8-13(24)10-25)28-14-4-2-12(3-5-14)19(20,21)22/h2-7,13,15,25H,8-10H2,1H3,(H,26,27)/t13-,15+/m0/s1. The summed E-state index contributed by atoms with van der Waals surface area (Å²) < 4.78 is 43.7. The molecule has 0 aliphatic carbocycles. The fraction of sp³-hybridized carbons (Fsp3) is 0.368. The summed E-state index contributed by atoms with van der Waals surface area (Å²) in [4.78, 5) is 17.3. The average Bonchev–Trinajstić information content (AvgIpc) is 3.04. The third kappa shape index (κ3) is 4.19. The lowest BCUT2D eigenvalue weighted by molar-refractivity contribution is -0.137. The summed E-state index contributed by atoms with van der Waals surface area (Å²) in [6.45, 7) is 1.80. The molecule has 0 spiro atoms. The average molecular weight is 396 g/mol. The van der Waals surface area contributed by atoms with E-state index in [0.29, 0.717) is 30.2 Å². The summed E-state index contributed by atoms with van der Waals surface area (Å²) in [5.41, 5.74) is -0.297. The number of aliphatic hydroxyl groups is 1. The van der Waals surface area contributed by atoms with Gasteiger partial charge in [0.15, 0.2) is 0 Å². The van der Waals surface area contributed by atoms with Gasteiger partial charge in [-0.3, -0.25) is 0 Å². The predicted octanol–water partition coefficient (Wildman–Crippen LogP) is 3.13. The second-order valence-electron chi connectivity index (χ2n) is 6.59. The van der Waals surface area contributed by atoms with E-state index >= 15 is 0 Å². The summed E-state index contributed by atoms with van der Waals surface area (Å²) >= 11 is 0. The van der Waals surface area contributed by atoms with Gasteiger partial charge in [-0.2, -0.15) is 13.2 Å². The number of nitrogens with zero attached hydrogens (tertiary/aromatic N) is 2. The van der Waals surface area contributed by atoms with Crippen molar-refractivity contribution >= 4 is 11.8 Å². The molecule has 1 aliphatic rings. The van der Waals surface area contributed by atoms with E-state index in [-0.39, 0.29) is 24.3 Å². The van der Waals surface area contributed by atoms with Crippen LogP contribution in [0.5, 0.6) is 5.75 Å². The number of hydrogen-bond donors (Lipinski definition) is 2. The number of carbonyl (C=O) groups is 1. The molecule has 0 saturated carbocycles. The van der Waals surface area contributed by atoms with Crippen LogP contribution in [0, 0.1) is 6.92 Å². The Morgan fingerprint density at radius 1 is 1.25 bits per heavy atom. The number of halogens is 3. The Balaban J connectivity index is 1.73. The number of alkyl halides is 3. The van der Waals surface area contributed by atoms with Gasteiger partial charge < -0.3 is 19.8 Å². The van der Waals surface area contributed by atoms with Gasteiger partial charge in [-0.1, -0.05) is 0 Å². The first-order chi connectivity index (χ1) is 13.2. The van der Waals surface area contributed by atoms with E-state index in [9.17, 15) is 23.1 Å². The predicted molar refractivity (Wildman–Crippen MR) is 94.6 cm³/mol. The zero-order chi connectivity index (χ0) is 20.5. The highest BCUT2D eigenvalue weighted by molar-refractivity contribution is 5.89. The van der Waals surface area contributed by atoms with Gasteiger partial charge in [0.25, 0.3) is 0 Å². The second kappa shape index (κ2) is 7.67. The van der Waals surface area contributed by atoms with E-state index in [1.165, 1.54) is 18.2 Å². The molecular weight excluding hydrogens is 377 g/mol. The number of aromatic nitrogens is 1. The molecule has 0 unspecified atom stereocenters. The minimum Gasteiger partial charge on any atom is -0.489 e. The molecule has 2 aromatic rings. The van der Waals surface area contributed by atoms with Crippen LogP contribution in [-0.4, -0.2) is 46.5 Å². The second-order valence-corrected chi connectivity index (χ2v) is 6.59. The van der Waals surface area contributed by atoms with Crippen LogP contribution in [-0.2, 0) is 6.18 Å². The van der Waals surface area contributed by atoms with Gasteiger partial charge in [0.05, 0.1) is 36.0 Å². The van der Waals surface area contributed by atoms with Gasteiger partial charge >= 0.3 is 12.1 Å². The quantitative estimate of drug-likeness (QED) is 0.808. The molecule has 1 aromatic carbocycles. The molecule has 9 heteroatoms. The molecule has 0 amide bonds. The van der Waals surface area contributed by atoms with Crippen LogP contribution < -0.4 is 9.64 Å². The van der Waals surface area contributed by atoms with E-state index in [1.54, 1.807) is 13.0 Å². The number of benzene rings is 1. The number of carboxylic acid groups (broad SMARTS) is 1. The van der Waals surface area contributed by atoms with Gasteiger partial charge in [-0.05, 0) is 43.3 Å². The van der Waals surface area contributed by atoms with Crippen molar-refractivity contribution in [3.8, 4) is 5.75 Å². The molecule has 0 radical (unpaired) electrons. The monoisotopic (exact) mass is 396 g/mol.